The zero-order chi connectivity index (χ0) is 15.5. The van der Waals surface area contributed by atoms with Crippen LogP contribution in [-0.4, -0.2) is 18.0 Å². The van der Waals surface area contributed by atoms with Crippen molar-refractivity contribution >= 4 is 33.1 Å². The SMILES string of the molecule is COc1cc(CN)ccc1NC(=O)c1ccnc2ccsc12. The highest BCUT2D eigenvalue weighted by Gasteiger charge is 2.14. The van der Waals surface area contributed by atoms with E-state index in [1.54, 1.807) is 25.4 Å². The van der Waals surface area contributed by atoms with Crippen molar-refractivity contribution in [1.29, 1.82) is 0 Å². The Bertz CT molecular complexity index is 829. The smallest absolute Gasteiger partial charge is 0.257 e. The number of rotatable bonds is 4. The van der Waals surface area contributed by atoms with Crippen LogP contribution < -0.4 is 15.8 Å². The minimum absolute atomic E-state index is 0.186. The van der Waals surface area contributed by atoms with Crippen molar-refractivity contribution in [2.45, 2.75) is 6.54 Å². The Morgan fingerprint density at radius 3 is 3.00 bits per heavy atom. The summed E-state index contributed by atoms with van der Waals surface area (Å²) in [7, 11) is 1.56. The molecular weight excluding hydrogens is 298 g/mol. The number of pyridine rings is 1. The highest BCUT2D eigenvalue weighted by molar-refractivity contribution is 7.17. The van der Waals surface area contributed by atoms with Gasteiger partial charge in [-0.3, -0.25) is 9.78 Å². The summed E-state index contributed by atoms with van der Waals surface area (Å²) in [5, 5.41) is 4.81. The minimum Gasteiger partial charge on any atom is -0.495 e. The third-order valence-electron chi connectivity index (χ3n) is 3.34. The van der Waals surface area contributed by atoms with Crippen LogP contribution in [-0.2, 0) is 6.54 Å². The number of anilines is 1. The van der Waals surface area contributed by atoms with Crippen LogP contribution in [0.3, 0.4) is 0 Å². The van der Waals surface area contributed by atoms with Gasteiger partial charge < -0.3 is 15.8 Å². The molecule has 5 nitrogen and oxygen atoms in total. The van der Waals surface area contributed by atoms with E-state index in [9.17, 15) is 4.79 Å². The van der Waals surface area contributed by atoms with Crippen LogP contribution >= 0.6 is 11.3 Å². The first-order valence-electron chi connectivity index (χ1n) is 6.73. The summed E-state index contributed by atoms with van der Waals surface area (Å²) in [6.07, 6.45) is 1.64. The van der Waals surface area contributed by atoms with Crippen LogP contribution in [0.4, 0.5) is 5.69 Å². The molecule has 0 saturated carbocycles. The van der Waals surface area contributed by atoms with Crippen molar-refractivity contribution in [2.24, 2.45) is 5.73 Å². The number of carbonyl (C=O) groups is 1. The number of fused-ring (bicyclic) bond motifs is 1. The van der Waals surface area contributed by atoms with E-state index in [1.807, 2.05) is 23.6 Å². The predicted octanol–water partition coefficient (Wildman–Crippen LogP) is 3.02. The Balaban J connectivity index is 1.93. The Labute approximate surface area is 131 Å². The molecule has 3 N–H and O–H groups in total. The van der Waals surface area contributed by atoms with Crippen molar-refractivity contribution < 1.29 is 9.53 Å². The van der Waals surface area contributed by atoms with E-state index in [0.29, 0.717) is 23.5 Å². The van der Waals surface area contributed by atoms with Crippen LogP contribution in [0.1, 0.15) is 15.9 Å². The lowest BCUT2D eigenvalue weighted by molar-refractivity contribution is 0.102. The lowest BCUT2D eigenvalue weighted by Crippen LogP contribution is -2.13. The van der Waals surface area contributed by atoms with E-state index in [0.717, 1.165) is 15.8 Å². The molecule has 0 atom stereocenters. The second-order valence-electron chi connectivity index (χ2n) is 4.69. The molecule has 0 spiro atoms. The lowest BCUT2D eigenvalue weighted by atomic mass is 10.1. The number of aromatic nitrogens is 1. The van der Waals surface area contributed by atoms with E-state index >= 15 is 0 Å². The molecule has 2 aromatic heterocycles. The van der Waals surface area contributed by atoms with Gasteiger partial charge in [0.1, 0.15) is 5.75 Å². The normalized spacial score (nSPS) is 10.6. The molecule has 6 heteroatoms. The standard InChI is InChI=1S/C16H15N3O2S/c1-21-14-8-10(9-17)2-3-12(14)19-16(20)11-4-6-18-13-5-7-22-15(11)13/h2-8H,9,17H2,1H3,(H,19,20). The van der Waals surface area contributed by atoms with E-state index in [4.69, 9.17) is 10.5 Å². The average Bonchev–Trinajstić information content (AvgIpc) is 3.03. The van der Waals surface area contributed by atoms with E-state index in [1.165, 1.54) is 11.3 Å². The number of amides is 1. The van der Waals surface area contributed by atoms with Gasteiger partial charge in [0.2, 0.25) is 0 Å². The largest absolute Gasteiger partial charge is 0.495 e. The fourth-order valence-corrected chi connectivity index (χ4v) is 3.07. The Morgan fingerprint density at radius 2 is 2.23 bits per heavy atom. The topological polar surface area (TPSA) is 77.2 Å². The zero-order valence-corrected chi connectivity index (χ0v) is 12.8. The van der Waals surface area contributed by atoms with E-state index < -0.39 is 0 Å². The molecule has 0 aliphatic rings. The molecule has 0 fully saturated rings. The first-order chi connectivity index (χ1) is 10.7. The number of methoxy groups -OCH3 is 1. The number of benzene rings is 1. The summed E-state index contributed by atoms with van der Waals surface area (Å²) in [5.74, 6) is 0.404. The molecule has 0 bridgehead atoms. The molecule has 1 amide bonds. The molecule has 0 aliphatic heterocycles. The molecule has 0 aliphatic carbocycles. The van der Waals surface area contributed by atoms with Gasteiger partial charge >= 0.3 is 0 Å². The van der Waals surface area contributed by atoms with Crippen molar-refractivity contribution in [1.82, 2.24) is 4.98 Å². The highest BCUT2D eigenvalue weighted by atomic mass is 32.1. The van der Waals surface area contributed by atoms with Gasteiger partial charge in [-0.25, -0.2) is 0 Å². The van der Waals surface area contributed by atoms with Crippen LogP contribution in [0.2, 0.25) is 0 Å². The van der Waals surface area contributed by atoms with Crippen LogP contribution in [0.15, 0.2) is 41.9 Å². The Morgan fingerprint density at radius 1 is 1.36 bits per heavy atom. The van der Waals surface area contributed by atoms with Crippen molar-refractivity contribution in [3.05, 3.63) is 53.0 Å². The quantitative estimate of drug-likeness (QED) is 0.776. The number of ether oxygens (including phenoxy) is 1. The van der Waals surface area contributed by atoms with Gasteiger partial charge in [-0.15, -0.1) is 11.3 Å². The maximum Gasteiger partial charge on any atom is 0.257 e. The number of nitrogens with two attached hydrogens (primary N) is 1. The second-order valence-corrected chi connectivity index (χ2v) is 5.60. The Kier molecular flexibility index (Phi) is 4.04. The first-order valence-corrected chi connectivity index (χ1v) is 7.61. The molecule has 0 unspecified atom stereocenters. The first kappa shape index (κ1) is 14.5. The number of nitrogens with one attached hydrogen (secondary N) is 1. The number of hydrogen-bond donors (Lipinski definition) is 2. The van der Waals surface area contributed by atoms with Crippen LogP contribution in [0, 0.1) is 0 Å². The van der Waals surface area contributed by atoms with Crippen molar-refractivity contribution in [3.63, 3.8) is 0 Å². The number of thiophene rings is 1. The van der Waals surface area contributed by atoms with Gasteiger partial charge in [0, 0.05) is 12.7 Å². The molecular formula is C16H15N3O2S. The minimum atomic E-state index is -0.186. The Hall–Kier alpha value is -2.44. The number of hydrogen-bond acceptors (Lipinski definition) is 5. The maximum atomic E-state index is 12.5. The van der Waals surface area contributed by atoms with Crippen molar-refractivity contribution in [3.8, 4) is 5.75 Å². The van der Waals surface area contributed by atoms with Crippen LogP contribution in [0.5, 0.6) is 5.75 Å². The molecule has 3 aromatic rings. The molecule has 112 valence electrons. The summed E-state index contributed by atoms with van der Waals surface area (Å²) < 4.78 is 6.19. The summed E-state index contributed by atoms with van der Waals surface area (Å²) >= 11 is 1.50. The second kappa shape index (κ2) is 6.13. The summed E-state index contributed by atoms with van der Waals surface area (Å²) in [6, 6.07) is 9.10. The van der Waals surface area contributed by atoms with Gasteiger partial charge in [0.25, 0.3) is 5.91 Å². The van der Waals surface area contributed by atoms with E-state index in [-0.39, 0.29) is 5.91 Å². The third-order valence-corrected chi connectivity index (χ3v) is 4.28. The highest BCUT2D eigenvalue weighted by Crippen LogP contribution is 2.28. The average molecular weight is 313 g/mol. The molecule has 0 saturated heterocycles. The lowest BCUT2D eigenvalue weighted by Gasteiger charge is -2.11. The van der Waals surface area contributed by atoms with Gasteiger partial charge in [0.05, 0.1) is 28.6 Å². The van der Waals surface area contributed by atoms with E-state index in [2.05, 4.69) is 10.3 Å². The van der Waals surface area contributed by atoms with Gasteiger partial charge in [-0.1, -0.05) is 6.07 Å². The molecule has 22 heavy (non-hydrogen) atoms. The maximum absolute atomic E-state index is 12.5. The fraction of sp³-hybridized carbons (Fsp3) is 0.125. The van der Waals surface area contributed by atoms with Gasteiger partial charge in [-0.2, -0.15) is 0 Å². The molecule has 0 radical (unpaired) electrons. The number of nitrogens with zero attached hydrogens (tertiary/aromatic N) is 1. The third kappa shape index (κ3) is 2.66. The summed E-state index contributed by atoms with van der Waals surface area (Å²) in [4.78, 5) is 16.8. The monoisotopic (exact) mass is 313 g/mol. The predicted molar refractivity (Wildman–Crippen MR) is 88.5 cm³/mol. The fourth-order valence-electron chi connectivity index (χ4n) is 2.21. The van der Waals surface area contributed by atoms with Gasteiger partial charge in [-0.05, 0) is 35.2 Å². The summed E-state index contributed by atoms with van der Waals surface area (Å²) in [6.45, 7) is 0.421. The number of carbonyl (C=O) groups excluding carboxylic acids is 1. The molecule has 2 heterocycles. The van der Waals surface area contributed by atoms with Crippen molar-refractivity contribution in [2.75, 3.05) is 12.4 Å². The molecule has 3 rings (SSSR count). The molecule has 1 aromatic carbocycles. The van der Waals surface area contributed by atoms with Crippen LogP contribution in [0.25, 0.3) is 10.2 Å². The zero-order valence-electron chi connectivity index (χ0n) is 12.0. The van der Waals surface area contributed by atoms with Gasteiger partial charge in [0.15, 0.2) is 0 Å². The summed E-state index contributed by atoms with van der Waals surface area (Å²) in [5.41, 5.74) is 8.60.